The van der Waals surface area contributed by atoms with Crippen molar-refractivity contribution in [1.29, 1.82) is 0 Å². The largest absolute Gasteiger partial charge is 0.349 e. The van der Waals surface area contributed by atoms with Crippen LogP contribution in [0.4, 0.5) is 0 Å². The fourth-order valence-electron chi connectivity index (χ4n) is 2.89. The van der Waals surface area contributed by atoms with Crippen LogP contribution in [0.15, 0.2) is 6.07 Å². The van der Waals surface area contributed by atoms with Crippen molar-refractivity contribution in [3.05, 3.63) is 17.5 Å². The number of rotatable bonds is 7. The quantitative estimate of drug-likeness (QED) is 0.719. The van der Waals surface area contributed by atoms with Crippen molar-refractivity contribution in [2.75, 3.05) is 19.3 Å². The van der Waals surface area contributed by atoms with Crippen molar-refractivity contribution in [3.63, 3.8) is 0 Å². The van der Waals surface area contributed by atoms with Gasteiger partial charge in [-0.2, -0.15) is 5.10 Å². The average molecular weight is 357 g/mol. The minimum Gasteiger partial charge on any atom is -0.349 e. The van der Waals surface area contributed by atoms with Crippen LogP contribution in [0, 0.1) is 0 Å². The van der Waals surface area contributed by atoms with Gasteiger partial charge in [-0.3, -0.25) is 14.4 Å². The van der Waals surface area contributed by atoms with E-state index in [4.69, 9.17) is 0 Å². The van der Waals surface area contributed by atoms with Gasteiger partial charge in [-0.1, -0.05) is 6.92 Å². The number of hydrogen-bond donors (Lipinski definition) is 2. The van der Waals surface area contributed by atoms with E-state index in [0.717, 1.165) is 56.7 Å². The summed E-state index contributed by atoms with van der Waals surface area (Å²) >= 11 is 0. The number of carbonyl (C=O) groups is 1. The number of fused-ring (bicyclic) bond motifs is 1. The fraction of sp³-hybridized carbons (Fsp3) is 0.733. The summed E-state index contributed by atoms with van der Waals surface area (Å²) in [6, 6.07) is 1.21. The molecule has 0 bridgehead atoms. The molecule has 1 aromatic rings. The summed E-state index contributed by atoms with van der Waals surface area (Å²) in [7, 11) is -3.41. The van der Waals surface area contributed by atoms with Gasteiger partial charge in [0.1, 0.15) is 0 Å². The molecule has 8 nitrogen and oxygen atoms in total. The Kier molecular flexibility index (Phi) is 6.36. The molecule has 2 N–H and O–H groups in total. The Morgan fingerprint density at radius 3 is 2.83 bits per heavy atom. The molecule has 0 saturated carbocycles. The van der Waals surface area contributed by atoms with Gasteiger partial charge in [0.05, 0.1) is 30.2 Å². The molecule has 1 aliphatic heterocycles. The van der Waals surface area contributed by atoms with Gasteiger partial charge in [-0.25, -0.2) is 13.1 Å². The minimum atomic E-state index is -3.41. The Bertz CT molecular complexity index is 671. The first-order chi connectivity index (χ1) is 11.3. The van der Waals surface area contributed by atoms with Crippen molar-refractivity contribution in [2.24, 2.45) is 0 Å². The molecule has 1 atom stereocenters. The van der Waals surface area contributed by atoms with Crippen LogP contribution < -0.4 is 10.0 Å². The molecule has 0 saturated heterocycles. The van der Waals surface area contributed by atoms with E-state index in [0.29, 0.717) is 6.54 Å². The normalized spacial score (nSPS) is 17.1. The first kappa shape index (κ1) is 18.9. The molecule has 0 radical (unpaired) electrons. The summed E-state index contributed by atoms with van der Waals surface area (Å²) < 4.78 is 26.6. The van der Waals surface area contributed by atoms with Gasteiger partial charge >= 0.3 is 0 Å². The fourth-order valence-corrected chi connectivity index (χ4v) is 3.64. The van der Waals surface area contributed by atoms with Gasteiger partial charge in [-0.15, -0.1) is 0 Å². The lowest BCUT2D eigenvalue weighted by Gasteiger charge is -2.17. The SMILES string of the molecule is CCCN1CCCn2nc(CNC(=O)[C@H](C)NS(C)(=O)=O)cc2C1. The van der Waals surface area contributed by atoms with Crippen molar-refractivity contribution >= 4 is 15.9 Å². The molecule has 0 spiro atoms. The van der Waals surface area contributed by atoms with Crippen LogP contribution in [0.5, 0.6) is 0 Å². The number of amides is 1. The first-order valence-electron chi connectivity index (χ1n) is 8.31. The highest BCUT2D eigenvalue weighted by Crippen LogP contribution is 2.14. The monoisotopic (exact) mass is 357 g/mol. The second-order valence-electron chi connectivity index (χ2n) is 6.31. The Morgan fingerprint density at radius 2 is 2.17 bits per heavy atom. The van der Waals surface area contributed by atoms with E-state index in [2.05, 4.69) is 27.0 Å². The third-order valence-electron chi connectivity index (χ3n) is 3.91. The number of nitrogens with one attached hydrogen (secondary N) is 2. The van der Waals surface area contributed by atoms with Gasteiger partial charge in [0.15, 0.2) is 0 Å². The Hall–Kier alpha value is -1.45. The molecular formula is C15H27N5O3S. The van der Waals surface area contributed by atoms with Gasteiger partial charge in [0, 0.05) is 19.6 Å². The smallest absolute Gasteiger partial charge is 0.238 e. The second-order valence-corrected chi connectivity index (χ2v) is 8.09. The molecule has 0 unspecified atom stereocenters. The number of sulfonamides is 1. The van der Waals surface area contributed by atoms with Crippen LogP contribution in [0.2, 0.25) is 0 Å². The second kappa shape index (κ2) is 8.09. The van der Waals surface area contributed by atoms with Gasteiger partial charge < -0.3 is 5.32 Å². The Balaban J connectivity index is 1.93. The van der Waals surface area contributed by atoms with Crippen LogP contribution in [0.3, 0.4) is 0 Å². The maximum atomic E-state index is 11.9. The third kappa shape index (κ3) is 5.57. The van der Waals surface area contributed by atoms with Gasteiger partial charge in [-0.05, 0) is 32.4 Å². The van der Waals surface area contributed by atoms with Crippen molar-refractivity contribution in [1.82, 2.24) is 24.7 Å². The molecule has 0 aromatic carbocycles. The highest BCUT2D eigenvalue weighted by atomic mass is 32.2. The molecule has 136 valence electrons. The van der Waals surface area contributed by atoms with E-state index in [1.54, 1.807) is 0 Å². The van der Waals surface area contributed by atoms with E-state index in [1.165, 1.54) is 6.92 Å². The molecule has 0 aliphatic carbocycles. The first-order valence-corrected chi connectivity index (χ1v) is 10.2. The Morgan fingerprint density at radius 1 is 1.42 bits per heavy atom. The average Bonchev–Trinajstić information content (AvgIpc) is 2.75. The molecule has 0 fully saturated rings. The highest BCUT2D eigenvalue weighted by molar-refractivity contribution is 7.88. The summed E-state index contributed by atoms with van der Waals surface area (Å²) in [4.78, 5) is 14.4. The summed E-state index contributed by atoms with van der Waals surface area (Å²) in [6.07, 6.45) is 3.23. The highest BCUT2D eigenvalue weighted by Gasteiger charge is 2.19. The van der Waals surface area contributed by atoms with Crippen LogP contribution in [-0.4, -0.2) is 54.4 Å². The number of hydrogen-bond acceptors (Lipinski definition) is 5. The molecule has 1 amide bonds. The van der Waals surface area contributed by atoms with Gasteiger partial charge in [0.2, 0.25) is 15.9 Å². The van der Waals surface area contributed by atoms with Gasteiger partial charge in [0.25, 0.3) is 0 Å². The zero-order chi connectivity index (χ0) is 17.7. The zero-order valence-corrected chi connectivity index (χ0v) is 15.4. The van der Waals surface area contributed by atoms with Crippen molar-refractivity contribution in [2.45, 2.75) is 52.4 Å². The molecular weight excluding hydrogens is 330 g/mol. The molecule has 9 heteroatoms. The topological polar surface area (TPSA) is 96.3 Å². The van der Waals surface area contributed by atoms with E-state index >= 15 is 0 Å². The van der Waals surface area contributed by atoms with E-state index < -0.39 is 16.1 Å². The van der Waals surface area contributed by atoms with Crippen LogP contribution in [-0.2, 0) is 34.5 Å². The van der Waals surface area contributed by atoms with Crippen LogP contribution in [0.25, 0.3) is 0 Å². The summed E-state index contributed by atoms with van der Waals surface area (Å²) in [5.41, 5.74) is 1.95. The van der Waals surface area contributed by atoms with Crippen molar-refractivity contribution < 1.29 is 13.2 Å². The maximum Gasteiger partial charge on any atom is 0.238 e. The summed E-state index contributed by atoms with van der Waals surface area (Å²) in [6.45, 7) is 7.90. The summed E-state index contributed by atoms with van der Waals surface area (Å²) in [5.74, 6) is -0.365. The lowest BCUT2D eigenvalue weighted by Crippen LogP contribution is -2.44. The van der Waals surface area contributed by atoms with Crippen LogP contribution in [0.1, 0.15) is 38.1 Å². The molecule has 2 rings (SSSR count). The number of nitrogens with zero attached hydrogens (tertiary/aromatic N) is 3. The predicted molar refractivity (Wildman–Crippen MR) is 91.7 cm³/mol. The number of carbonyl (C=O) groups excluding carboxylic acids is 1. The molecule has 1 aliphatic rings. The number of aromatic nitrogens is 2. The van der Waals surface area contributed by atoms with E-state index in [-0.39, 0.29) is 5.91 Å². The lowest BCUT2D eigenvalue weighted by molar-refractivity contribution is -0.122. The molecule has 1 aromatic heterocycles. The molecule has 2 heterocycles. The number of aryl methyl sites for hydroxylation is 1. The van der Waals surface area contributed by atoms with Crippen LogP contribution >= 0.6 is 0 Å². The minimum absolute atomic E-state index is 0.294. The Labute approximate surface area is 143 Å². The van der Waals surface area contributed by atoms with Crippen molar-refractivity contribution in [3.8, 4) is 0 Å². The third-order valence-corrected chi connectivity index (χ3v) is 4.69. The maximum absolute atomic E-state index is 11.9. The zero-order valence-electron chi connectivity index (χ0n) is 14.6. The lowest BCUT2D eigenvalue weighted by atomic mass is 10.3. The summed E-state index contributed by atoms with van der Waals surface area (Å²) in [5, 5.41) is 7.27. The standard InChI is InChI=1S/C15H27N5O3S/c1-4-6-19-7-5-8-20-14(11-19)9-13(17-20)10-16-15(21)12(2)18-24(3,22)23/h9,12,18H,4-8,10-11H2,1-3H3,(H,16,21)/t12-/m0/s1. The van der Waals surface area contributed by atoms with E-state index in [1.807, 2.05) is 10.7 Å². The predicted octanol–water partition coefficient (Wildman–Crippen LogP) is 0.0527. The van der Waals surface area contributed by atoms with E-state index in [9.17, 15) is 13.2 Å². The molecule has 24 heavy (non-hydrogen) atoms.